The molecule has 20 heavy (non-hydrogen) atoms. The maximum absolute atomic E-state index is 12.6. The lowest BCUT2D eigenvalue weighted by Gasteiger charge is -2.31. The van der Waals surface area contributed by atoms with Crippen LogP contribution in [0.3, 0.4) is 0 Å². The van der Waals surface area contributed by atoms with Gasteiger partial charge in [0.15, 0.2) is 0 Å². The molecule has 2 rings (SSSR count). The molecular weight excluding hydrogens is 271 g/mol. The second-order valence-electron chi connectivity index (χ2n) is 5.17. The van der Waals surface area contributed by atoms with Gasteiger partial charge in [0.1, 0.15) is 0 Å². The van der Waals surface area contributed by atoms with Crippen molar-refractivity contribution in [2.75, 3.05) is 19.6 Å². The Hall–Kier alpha value is -1.11. The Morgan fingerprint density at radius 3 is 2.50 bits per heavy atom. The Bertz CT molecular complexity index is 442. The summed E-state index contributed by atoms with van der Waals surface area (Å²) < 4.78 is 37.8. The number of β-amino-alcohol motifs (C(OH)–C–C–N with tert-alkyl or cyclic N) is 1. The molecule has 0 amide bonds. The fourth-order valence-corrected chi connectivity index (χ4v) is 2.37. The number of aliphatic hydroxyl groups excluding tert-OH is 2. The van der Waals surface area contributed by atoms with E-state index in [0.29, 0.717) is 25.9 Å². The van der Waals surface area contributed by atoms with Gasteiger partial charge in [-0.1, -0.05) is 12.1 Å². The van der Waals surface area contributed by atoms with Crippen LogP contribution in [0.1, 0.15) is 30.1 Å². The Balaban J connectivity index is 2.00. The quantitative estimate of drug-likeness (QED) is 0.896. The number of hydrogen-bond donors (Lipinski definition) is 2. The zero-order chi connectivity index (χ0) is 14.8. The first-order valence-corrected chi connectivity index (χ1v) is 6.62. The number of nitrogens with zero attached hydrogens (tertiary/aromatic N) is 1. The minimum Gasteiger partial charge on any atom is -0.393 e. The number of hydrogen-bond acceptors (Lipinski definition) is 3. The van der Waals surface area contributed by atoms with Crippen LogP contribution in [0.5, 0.6) is 0 Å². The molecule has 1 unspecified atom stereocenters. The van der Waals surface area contributed by atoms with E-state index < -0.39 is 17.8 Å². The lowest BCUT2D eigenvalue weighted by atomic mass is 10.0. The molecule has 0 aromatic heterocycles. The minimum atomic E-state index is -4.40. The zero-order valence-corrected chi connectivity index (χ0v) is 11.0. The third-order valence-corrected chi connectivity index (χ3v) is 3.59. The molecule has 6 heteroatoms. The van der Waals surface area contributed by atoms with Gasteiger partial charge >= 0.3 is 6.18 Å². The third-order valence-electron chi connectivity index (χ3n) is 3.59. The molecule has 0 saturated carbocycles. The van der Waals surface area contributed by atoms with Gasteiger partial charge in [-0.05, 0) is 30.5 Å². The average Bonchev–Trinajstić information content (AvgIpc) is 2.40. The molecule has 1 aliphatic rings. The molecule has 1 aromatic carbocycles. The van der Waals surface area contributed by atoms with Crippen molar-refractivity contribution in [3.8, 4) is 0 Å². The first-order valence-electron chi connectivity index (χ1n) is 6.62. The highest BCUT2D eigenvalue weighted by molar-refractivity contribution is 5.27. The van der Waals surface area contributed by atoms with Crippen LogP contribution in [0.25, 0.3) is 0 Å². The number of piperidine rings is 1. The van der Waals surface area contributed by atoms with E-state index in [-0.39, 0.29) is 18.2 Å². The molecule has 3 nitrogen and oxygen atoms in total. The maximum atomic E-state index is 12.6. The highest BCUT2D eigenvalue weighted by Gasteiger charge is 2.31. The molecule has 0 spiro atoms. The van der Waals surface area contributed by atoms with Crippen molar-refractivity contribution >= 4 is 0 Å². The Morgan fingerprint density at radius 2 is 1.90 bits per heavy atom. The summed E-state index contributed by atoms with van der Waals surface area (Å²) in [6.07, 6.45) is -4.39. The number of likely N-dealkylation sites (tertiary alicyclic amines) is 1. The molecule has 1 atom stereocenters. The van der Waals surface area contributed by atoms with Crippen molar-refractivity contribution in [2.24, 2.45) is 0 Å². The van der Waals surface area contributed by atoms with E-state index >= 15 is 0 Å². The van der Waals surface area contributed by atoms with Gasteiger partial charge in [-0.25, -0.2) is 0 Å². The van der Waals surface area contributed by atoms with Crippen molar-refractivity contribution in [1.82, 2.24) is 4.90 Å². The molecule has 1 saturated heterocycles. The first kappa shape index (κ1) is 15.3. The van der Waals surface area contributed by atoms with Crippen molar-refractivity contribution < 1.29 is 23.4 Å². The summed E-state index contributed by atoms with van der Waals surface area (Å²) in [6, 6.07) is 4.79. The third kappa shape index (κ3) is 3.94. The average molecular weight is 289 g/mol. The molecule has 0 bridgehead atoms. The molecule has 1 aliphatic heterocycles. The minimum absolute atomic E-state index is 0.269. The summed E-state index contributed by atoms with van der Waals surface area (Å²) in [5.74, 6) is 0. The zero-order valence-electron chi connectivity index (χ0n) is 11.0. The maximum Gasteiger partial charge on any atom is 0.416 e. The van der Waals surface area contributed by atoms with E-state index in [1.165, 1.54) is 12.1 Å². The van der Waals surface area contributed by atoms with Gasteiger partial charge in [-0.15, -0.1) is 0 Å². The number of aliphatic hydroxyl groups is 2. The fraction of sp³-hybridized carbons (Fsp3) is 0.571. The molecular formula is C14H18F3NO2. The summed E-state index contributed by atoms with van der Waals surface area (Å²) in [7, 11) is 0. The molecule has 2 N–H and O–H groups in total. The van der Waals surface area contributed by atoms with Crippen molar-refractivity contribution in [3.63, 3.8) is 0 Å². The highest BCUT2D eigenvalue weighted by atomic mass is 19.4. The second-order valence-corrected chi connectivity index (χ2v) is 5.17. The lowest BCUT2D eigenvalue weighted by Crippen LogP contribution is -2.38. The van der Waals surface area contributed by atoms with Gasteiger partial charge in [0, 0.05) is 19.6 Å². The second kappa shape index (κ2) is 6.11. The van der Waals surface area contributed by atoms with Crippen LogP contribution in [-0.4, -0.2) is 40.9 Å². The van der Waals surface area contributed by atoms with Crippen LogP contribution in [0.15, 0.2) is 24.3 Å². The van der Waals surface area contributed by atoms with E-state index in [1.54, 1.807) is 0 Å². The monoisotopic (exact) mass is 289 g/mol. The predicted molar refractivity (Wildman–Crippen MR) is 68.1 cm³/mol. The van der Waals surface area contributed by atoms with Crippen LogP contribution < -0.4 is 0 Å². The summed E-state index contributed by atoms with van der Waals surface area (Å²) in [5.41, 5.74) is -0.478. The van der Waals surface area contributed by atoms with Crippen LogP contribution in [0.2, 0.25) is 0 Å². The van der Waals surface area contributed by atoms with Gasteiger partial charge in [-0.2, -0.15) is 13.2 Å². The topological polar surface area (TPSA) is 43.7 Å². The summed E-state index contributed by atoms with van der Waals surface area (Å²) in [6.45, 7) is 1.59. The standard InChI is InChI=1S/C14H18F3NO2/c15-14(16,17)11-3-1-2-10(8-11)13(20)9-18-6-4-12(19)5-7-18/h1-3,8,12-13,19-20H,4-7,9H2. The number of alkyl halides is 3. The smallest absolute Gasteiger partial charge is 0.393 e. The van der Waals surface area contributed by atoms with E-state index in [9.17, 15) is 23.4 Å². The van der Waals surface area contributed by atoms with E-state index in [0.717, 1.165) is 12.1 Å². The number of rotatable bonds is 3. The Morgan fingerprint density at radius 1 is 1.25 bits per heavy atom. The highest BCUT2D eigenvalue weighted by Crippen LogP contribution is 2.31. The number of benzene rings is 1. The Labute approximate surface area is 115 Å². The van der Waals surface area contributed by atoms with Gasteiger partial charge in [-0.3, -0.25) is 0 Å². The molecule has 0 aliphatic carbocycles. The normalized spacial score (nSPS) is 20.1. The fourth-order valence-electron chi connectivity index (χ4n) is 2.37. The van der Waals surface area contributed by atoms with Gasteiger partial charge < -0.3 is 15.1 Å². The molecule has 1 heterocycles. The van der Waals surface area contributed by atoms with Gasteiger partial charge in [0.2, 0.25) is 0 Å². The summed E-state index contributed by atoms with van der Waals surface area (Å²) >= 11 is 0. The predicted octanol–water partition coefficient (Wildman–Crippen LogP) is 2.20. The van der Waals surface area contributed by atoms with Crippen LogP contribution in [0, 0.1) is 0 Å². The molecule has 1 fully saturated rings. The van der Waals surface area contributed by atoms with Crippen LogP contribution >= 0.6 is 0 Å². The Kier molecular flexibility index (Phi) is 4.67. The lowest BCUT2D eigenvalue weighted by molar-refractivity contribution is -0.137. The summed E-state index contributed by atoms with van der Waals surface area (Å²) in [5, 5.41) is 19.4. The first-order chi connectivity index (χ1) is 9.36. The molecule has 112 valence electrons. The molecule has 1 aromatic rings. The van der Waals surface area contributed by atoms with E-state index in [4.69, 9.17) is 0 Å². The van der Waals surface area contributed by atoms with Gasteiger partial charge in [0.05, 0.1) is 17.8 Å². The number of halogens is 3. The largest absolute Gasteiger partial charge is 0.416 e. The van der Waals surface area contributed by atoms with Gasteiger partial charge in [0.25, 0.3) is 0 Å². The van der Waals surface area contributed by atoms with Crippen molar-refractivity contribution in [3.05, 3.63) is 35.4 Å². The molecule has 0 radical (unpaired) electrons. The van der Waals surface area contributed by atoms with Crippen molar-refractivity contribution in [2.45, 2.75) is 31.2 Å². The SMILES string of the molecule is OC1CCN(CC(O)c2cccc(C(F)(F)F)c2)CC1. The van der Waals surface area contributed by atoms with Crippen molar-refractivity contribution in [1.29, 1.82) is 0 Å². The van der Waals surface area contributed by atoms with E-state index in [1.807, 2.05) is 4.90 Å². The van der Waals surface area contributed by atoms with Crippen LogP contribution in [-0.2, 0) is 6.18 Å². The van der Waals surface area contributed by atoms with E-state index in [2.05, 4.69) is 0 Å². The summed E-state index contributed by atoms with van der Waals surface area (Å²) in [4.78, 5) is 1.96. The van der Waals surface area contributed by atoms with Crippen LogP contribution in [0.4, 0.5) is 13.2 Å².